The first-order valence-corrected chi connectivity index (χ1v) is 2.38. The molecule has 56 valence electrons. The number of rotatable bonds is 0. The van der Waals surface area contributed by atoms with Crippen LogP contribution in [0.5, 0.6) is 0 Å². The second-order valence-electron chi connectivity index (χ2n) is 1.48. The molecular weight excluding hydrogens is 149 g/mol. The van der Waals surface area contributed by atoms with Gasteiger partial charge in [-0.05, 0) is 0 Å². The minimum atomic E-state index is -4.67. The van der Waals surface area contributed by atoms with Gasteiger partial charge >= 0.3 is 6.36 Å². The molecule has 0 unspecified atom stereocenters. The maximum atomic E-state index is 11.3. The molecule has 1 N–H and O–H groups in total. The van der Waals surface area contributed by atoms with Gasteiger partial charge in [0.2, 0.25) is 0 Å². The fourth-order valence-electron chi connectivity index (χ4n) is 0.435. The number of halogens is 3. The second kappa shape index (κ2) is 2.36. The average Bonchev–Trinajstić information content (AvgIpc) is 2.12. The molecule has 0 amide bonds. The molecule has 1 aliphatic rings. The number of ether oxygens (including phenoxy) is 1. The van der Waals surface area contributed by atoms with E-state index in [9.17, 15) is 13.2 Å². The molecular formula is C4H3F3N2O. The summed E-state index contributed by atoms with van der Waals surface area (Å²) in [6.07, 6.45) is -4.67. The highest BCUT2D eigenvalue weighted by Crippen LogP contribution is 2.16. The van der Waals surface area contributed by atoms with Gasteiger partial charge in [-0.15, -0.1) is 13.2 Å². The maximum Gasteiger partial charge on any atom is 0.575 e. The van der Waals surface area contributed by atoms with Crippen LogP contribution in [0, 0.1) is 6.54 Å². The van der Waals surface area contributed by atoms with Gasteiger partial charge in [0.1, 0.15) is 6.54 Å². The standard InChI is InChI=1S/C4H3F3N2O/c5-4(6,7)10-3-8-1-2-9-3/h8H,1H2. The lowest BCUT2D eigenvalue weighted by Gasteiger charge is -2.06. The Labute approximate surface area is 54.9 Å². The first-order valence-electron chi connectivity index (χ1n) is 2.38. The summed E-state index contributed by atoms with van der Waals surface area (Å²) in [5.74, 6) is 0. The Morgan fingerprint density at radius 3 is 2.70 bits per heavy atom. The summed E-state index contributed by atoms with van der Waals surface area (Å²) in [7, 11) is 0. The van der Waals surface area contributed by atoms with Crippen molar-refractivity contribution in [3.8, 4) is 0 Å². The van der Waals surface area contributed by atoms with E-state index < -0.39 is 12.4 Å². The molecule has 3 nitrogen and oxygen atoms in total. The third kappa shape index (κ3) is 2.12. The summed E-state index contributed by atoms with van der Waals surface area (Å²) in [4.78, 5) is 3.13. The Kier molecular flexibility index (Phi) is 1.69. The summed E-state index contributed by atoms with van der Waals surface area (Å²) in [5, 5.41) is 2.21. The molecule has 0 aliphatic carbocycles. The van der Waals surface area contributed by atoms with Crippen LogP contribution in [0.2, 0.25) is 0 Å². The van der Waals surface area contributed by atoms with Crippen LogP contribution >= 0.6 is 0 Å². The van der Waals surface area contributed by atoms with Gasteiger partial charge in [-0.3, -0.25) is 0 Å². The van der Waals surface area contributed by atoms with E-state index in [4.69, 9.17) is 0 Å². The summed E-state index contributed by atoms with van der Waals surface area (Å²) in [6, 6.07) is -0.549. The first kappa shape index (κ1) is 7.17. The molecule has 6 heteroatoms. The molecule has 1 heterocycles. The lowest BCUT2D eigenvalue weighted by Crippen LogP contribution is -2.28. The molecule has 2 radical (unpaired) electrons. The van der Waals surface area contributed by atoms with Gasteiger partial charge in [0.25, 0.3) is 6.02 Å². The van der Waals surface area contributed by atoms with Crippen molar-refractivity contribution in [2.24, 2.45) is 4.99 Å². The minimum absolute atomic E-state index is 0.158. The quantitative estimate of drug-likeness (QED) is 0.549. The highest BCUT2D eigenvalue weighted by Gasteiger charge is 2.33. The topological polar surface area (TPSA) is 33.6 Å². The van der Waals surface area contributed by atoms with Crippen LogP contribution in [-0.4, -0.2) is 18.9 Å². The van der Waals surface area contributed by atoms with Crippen LogP contribution in [0.15, 0.2) is 4.99 Å². The third-order valence-electron chi connectivity index (χ3n) is 0.712. The second-order valence-corrected chi connectivity index (χ2v) is 1.48. The largest absolute Gasteiger partial charge is 0.575 e. The third-order valence-corrected chi connectivity index (χ3v) is 0.712. The van der Waals surface area contributed by atoms with E-state index in [1.807, 2.05) is 0 Å². The number of hydrogen-bond acceptors (Lipinski definition) is 3. The monoisotopic (exact) mass is 152 g/mol. The fourth-order valence-corrected chi connectivity index (χ4v) is 0.435. The van der Waals surface area contributed by atoms with E-state index in [0.717, 1.165) is 0 Å². The minimum Gasteiger partial charge on any atom is -0.373 e. The zero-order valence-electron chi connectivity index (χ0n) is 4.70. The molecule has 0 spiro atoms. The SMILES string of the molecule is FC(F)(F)OC1=N[C]CN1. The molecule has 1 aliphatic heterocycles. The van der Waals surface area contributed by atoms with E-state index in [-0.39, 0.29) is 6.54 Å². The van der Waals surface area contributed by atoms with Crippen LogP contribution in [0.25, 0.3) is 0 Å². The molecule has 0 saturated heterocycles. The Morgan fingerprint density at radius 2 is 2.30 bits per heavy atom. The van der Waals surface area contributed by atoms with Crippen LogP contribution in [0.1, 0.15) is 0 Å². The van der Waals surface area contributed by atoms with Crippen molar-refractivity contribution in [3.63, 3.8) is 0 Å². The highest BCUT2D eigenvalue weighted by molar-refractivity contribution is 5.76. The summed E-state index contributed by atoms with van der Waals surface area (Å²) in [5.41, 5.74) is 0. The Morgan fingerprint density at radius 1 is 1.60 bits per heavy atom. The van der Waals surface area contributed by atoms with Crippen molar-refractivity contribution in [1.29, 1.82) is 0 Å². The van der Waals surface area contributed by atoms with E-state index in [1.165, 1.54) is 0 Å². The van der Waals surface area contributed by atoms with Gasteiger partial charge in [0.05, 0.1) is 0 Å². The zero-order valence-corrected chi connectivity index (χ0v) is 4.70. The number of nitrogens with one attached hydrogen (secondary N) is 1. The fraction of sp³-hybridized carbons (Fsp3) is 0.500. The molecule has 0 atom stereocenters. The summed E-state index contributed by atoms with van der Waals surface area (Å²) in [6.45, 7) is 2.40. The average molecular weight is 152 g/mol. The van der Waals surface area contributed by atoms with Gasteiger partial charge < -0.3 is 10.1 Å². The number of amidine groups is 1. The van der Waals surface area contributed by atoms with E-state index in [2.05, 4.69) is 21.6 Å². The molecule has 0 aromatic rings. The summed E-state index contributed by atoms with van der Waals surface area (Å²) < 4.78 is 37.4. The summed E-state index contributed by atoms with van der Waals surface area (Å²) >= 11 is 0. The Balaban J connectivity index is 2.38. The van der Waals surface area contributed by atoms with Crippen molar-refractivity contribution in [3.05, 3.63) is 6.54 Å². The van der Waals surface area contributed by atoms with Crippen molar-refractivity contribution in [2.75, 3.05) is 6.54 Å². The zero-order chi connectivity index (χ0) is 7.61. The van der Waals surface area contributed by atoms with Crippen LogP contribution in [-0.2, 0) is 4.74 Å². The van der Waals surface area contributed by atoms with Gasteiger partial charge in [-0.2, -0.15) is 0 Å². The van der Waals surface area contributed by atoms with Gasteiger partial charge in [0.15, 0.2) is 0 Å². The van der Waals surface area contributed by atoms with Gasteiger partial charge in [-0.25, -0.2) is 4.99 Å². The number of aliphatic imine (C=N–C) groups is 1. The number of alkyl halides is 3. The van der Waals surface area contributed by atoms with Crippen molar-refractivity contribution >= 4 is 6.02 Å². The molecule has 0 fully saturated rings. The maximum absolute atomic E-state index is 11.3. The molecule has 0 saturated carbocycles. The molecule has 0 aromatic carbocycles. The molecule has 10 heavy (non-hydrogen) atoms. The van der Waals surface area contributed by atoms with Gasteiger partial charge in [0, 0.05) is 6.54 Å². The highest BCUT2D eigenvalue weighted by atomic mass is 19.4. The predicted octanol–water partition coefficient (Wildman–Crippen LogP) is 0.521. The van der Waals surface area contributed by atoms with Crippen LogP contribution in [0.4, 0.5) is 13.2 Å². The Hall–Kier alpha value is -0.940. The van der Waals surface area contributed by atoms with Crippen LogP contribution < -0.4 is 5.32 Å². The molecule has 0 aromatic heterocycles. The lowest BCUT2D eigenvalue weighted by molar-refractivity contribution is -0.284. The number of nitrogens with zero attached hydrogens (tertiary/aromatic N) is 1. The molecule has 1 rings (SSSR count). The first-order chi connectivity index (χ1) is 4.58. The van der Waals surface area contributed by atoms with E-state index >= 15 is 0 Å². The molecule has 0 bridgehead atoms. The smallest absolute Gasteiger partial charge is 0.373 e. The van der Waals surface area contributed by atoms with Crippen molar-refractivity contribution in [2.45, 2.75) is 6.36 Å². The van der Waals surface area contributed by atoms with Gasteiger partial charge in [-0.1, -0.05) is 0 Å². The van der Waals surface area contributed by atoms with Crippen LogP contribution in [0.3, 0.4) is 0 Å². The lowest BCUT2D eigenvalue weighted by atomic mass is 10.7. The van der Waals surface area contributed by atoms with E-state index in [1.54, 1.807) is 0 Å². The predicted molar refractivity (Wildman–Crippen MR) is 25.8 cm³/mol. The number of hydrogen-bond donors (Lipinski definition) is 1. The normalized spacial score (nSPS) is 18.1. The Bertz CT molecular complexity index is 153. The van der Waals surface area contributed by atoms with E-state index in [0.29, 0.717) is 0 Å². The van der Waals surface area contributed by atoms with Crippen molar-refractivity contribution in [1.82, 2.24) is 5.32 Å². The van der Waals surface area contributed by atoms with Crippen molar-refractivity contribution < 1.29 is 17.9 Å².